The van der Waals surface area contributed by atoms with E-state index in [1.54, 1.807) is 16.7 Å². The number of rotatable bonds is 1. The van der Waals surface area contributed by atoms with Crippen LogP contribution in [0.4, 0.5) is 4.39 Å². The number of halogens is 3. The molecule has 4 nitrogen and oxygen atoms in total. The van der Waals surface area contributed by atoms with Gasteiger partial charge in [-0.05, 0) is 34.1 Å². The minimum absolute atomic E-state index is 0.274. The largest absolute Gasteiger partial charge is 0.283 e. The van der Waals surface area contributed by atoms with Gasteiger partial charge in [-0.25, -0.2) is 19.3 Å². The van der Waals surface area contributed by atoms with Crippen molar-refractivity contribution in [3.05, 3.63) is 46.3 Å². The molecule has 0 aliphatic heterocycles. The number of imidazole rings is 1. The van der Waals surface area contributed by atoms with Crippen LogP contribution in [0.5, 0.6) is 0 Å². The third-order valence-corrected chi connectivity index (χ3v) is 3.39. The van der Waals surface area contributed by atoms with Gasteiger partial charge in [0.15, 0.2) is 10.8 Å². The Kier molecular flexibility index (Phi) is 2.76. The molecule has 0 spiro atoms. The van der Waals surface area contributed by atoms with Crippen molar-refractivity contribution in [2.45, 2.75) is 0 Å². The highest BCUT2D eigenvalue weighted by atomic mass is 79.9. The molecular weight excluding hydrogens is 323 g/mol. The fourth-order valence-electron chi connectivity index (χ4n) is 1.63. The zero-order valence-corrected chi connectivity index (χ0v) is 11.2. The maximum atomic E-state index is 13.5. The van der Waals surface area contributed by atoms with Crippen molar-refractivity contribution < 1.29 is 4.39 Å². The molecule has 90 valence electrons. The average Bonchev–Trinajstić information content (AvgIpc) is 2.78. The summed E-state index contributed by atoms with van der Waals surface area (Å²) in [6.07, 6.45) is 2.88. The van der Waals surface area contributed by atoms with Gasteiger partial charge in [0.05, 0.1) is 10.2 Å². The van der Waals surface area contributed by atoms with Crippen LogP contribution in [0.3, 0.4) is 0 Å². The standard InChI is InChI=1S/C11H5BrClFN4/c12-7-2-1-6(3-8(7)14)18-5-17-9-10(13)15-4-16-11(9)18/h1-5H. The topological polar surface area (TPSA) is 43.6 Å². The molecule has 0 atom stereocenters. The predicted molar refractivity (Wildman–Crippen MR) is 69.3 cm³/mol. The van der Waals surface area contributed by atoms with E-state index >= 15 is 0 Å². The van der Waals surface area contributed by atoms with Crippen molar-refractivity contribution in [2.24, 2.45) is 0 Å². The number of aromatic nitrogens is 4. The number of benzene rings is 1. The van der Waals surface area contributed by atoms with Gasteiger partial charge in [-0.1, -0.05) is 11.6 Å². The second-order valence-electron chi connectivity index (χ2n) is 3.55. The lowest BCUT2D eigenvalue weighted by Crippen LogP contribution is -1.95. The van der Waals surface area contributed by atoms with Crippen LogP contribution in [0.15, 0.2) is 35.3 Å². The molecule has 18 heavy (non-hydrogen) atoms. The molecule has 0 saturated carbocycles. The summed E-state index contributed by atoms with van der Waals surface area (Å²) in [6.45, 7) is 0. The summed E-state index contributed by atoms with van der Waals surface area (Å²) in [5.41, 5.74) is 1.65. The second kappa shape index (κ2) is 4.29. The molecule has 3 rings (SSSR count). The number of hydrogen-bond donors (Lipinski definition) is 0. The Morgan fingerprint density at radius 2 is 2.06 bits per heavy atom. The van der Waals surface area contributed by atoms with E-state index in [9.17, 15) is 4.39 Å². The number of nitrogens with zero attached hydrogens (tertiary/aromatic N) is 4. The van der Waals surface area contributed by atoms with E-state index in [4.69, 9.17) is 11.6 Å². The van der Waals surface area contributed by atoms with Crippen LogP contribution in [0.1, 0.15) is 0 Å². The van der Waals surface area contributed by atoms with Gasteiger partial charge in [-0.3, -0.25) is 4.57 Å². The van der Waals surface area contributed by atoms with Gasteiger partial charge in [-0.2, -0.15) is 0 Å². The Labute approximate surface area is 115 Å². The molecule has 0 radical (unpaired) electrons. The summed E-state index contributed by atoms with van der Waals surface area (Å²) in [5.74, 6) is -0.352. The first kappa shape index (κ1) is 11.6. The summed E-state index contributed by atoms with van der Waals surface area (Å²) in [4.78, 5) is 12.1. The van der Waals surface area contributed by atoms with Crippen LogP contribution in [0.25, 0.3) is 16.9 Å². The van der Waals surface area contributed by atoms with E-state index in [-0.39, 0.29) is 11.0 Å². The maximum absolute atomic E-state index is 13.5. The smallest absolute Gasteiger partial charge is 0.169 e. The molecule has 2 aromatic heterocycles. The maximum Gasteiger partial charge on any atom is 0.169 e. The summed E-state index contributed by atoms with van der Waals surface area (Å²) in [5, 5.41) is 0.274. The van der Waals surface area contributed by atoms with Crippen molar-refractivity contribution in [1.29, 1.82) is 0 Å². The van der Waals surface area contributed by atoms with Crippen LogP contribution in [0.2, 0.25) is 5.15 Å². The molecule has 7 heteroatoms. The molecule has 0 N–H and O–H groups in total. The minimum Gasteiger partial charge on any atom is -0.283 e. The lowest BCUT2D eigenvalue weighted by Gasteiger charge is -2.04. The molecule has 0 amide bonds. The SMILES string of the molecule is Fc1cc(-n2cnc3c(Cl)ncnc32)ccc1Br. The van der Waals surface area contributed by atoms with Gasteiger partial charge in [0.2, 0.25) is 0 Å². The van der Waals surface area contributed by atoms with E-state index in [0.29, 0.717) is 21.3 Å². The van der Waals surface area contributed by atoms with Gasteiger partial charge in [-0.15, -0.1) is 0 Å². The van der Waals surface area contributed by atoms with Crippen LogP contribution < -0.4 is 0 Å². The normalized spacial score (nSPS) is 11.1. The zero-order chi connectivity index (χ0) is 12.7. The summed E-state index contributed by atoms with van der Waals surface area (Å²) in [7, 11) is 0. The molecule has 0 unspecified atom stereocenters. The molecule has 0 saturated heterocycles. The highest BCUT2D eigenvalue weighted by Crippen LogP contribution is 2.23. The van der Waals surface area contributed by atoms with E-state index < -0.39 is 0 Å². The van der Waals surface area contributed by atoms with Crippen LogP contribution in [-0.2, 0) is 0 Å². The van der Waals surface area contributed by atoms with Crippen LogP contribution in [-0.4, -0.2) is 19.5 Å². The number of hydrogen-bond acceptors (Lipinski definition) is 3. The predicted octanol–water partition coefficient (Wildman–Crippen LogP) is 3.37. The highest BCUT2D eigenvalue weighted by molar-refractivity contribution is 9.10. The van der Waals surface area contributed by atoms with E-state index in [2.05, 4.69) is 30.9 Å². The summed E-state index contributed by atoms with van der Waals surface area (Å²) < 4.78 is 15.6. The summed E-state index contributed by atoms with van der Waals surface area (Å²) in [6, 6.07) is 4.77. The van der Waals surface area contributed by atoms with Crippen LogP contribution in [0, 0.1) is 5.82 Å². The lowest BCUT2D eigenvalue weighted by molar-refractivity contribution is 0.620. The summed E-state index contributed by atoms with van der Waals surface area (Å²) >= 11 is 9.01. The van der Waals surface area contributed by atoms with Crippen molar-refractivity contribution in [3.8, 4) is 5.69 Å². The first-order valence-corrected chi connectivity index (χ1v) is 6.13. The average molecular weight is 328 g/mol. The molecule has 0 bridgehead atoms. The Hall–Kier alpha value is -1.53. The molecule has 0 aliphatic carbocycles. The fraction of sp³-hybridized carbons (Fsp3) is 0. The molecule has 0 aliphatic rings. The Balaban J connectivity index is 2.25. The molecule has 1 aromatic carbocycles. The van der Waals surface area contributed by atoms with Crippen molar-refractivity contribution in [3.63, 3.8) is 0 Å². The lowest BCUT2D eigenvalue weighted by atomic mass is 10.3. The monoisotopic (exact) mass is 326 g/mol. The Morgan fingerprint density at radius 1 is 1.22 bits per heavy atom. The van der Waals surface area contributed by atoms with Crippen molar-refractivity contribution >= 4 is 38.7 Å². The second-order valence-corrected chi connectivity index (χ2v) is 4.76. The van der Waals surface area contributed by atoms with Crippen molar-refractivity contribution in [2.75, 3.05) is 0 Å². The van der Waals surface area contributed by atoms with E-state index in [0.717, 1.165) is 0 Å². The van der Waals surface area contributed by atoms with Gasteiger partial charge in [0.1, 0.15) is 24.0 Å². The molecule has 0 fully saturated rings. The van der Waals surface area contributed by atoms with Gasteiger partial charge < -0.3 is 0 Å². The first-order valence-electron chi connectivity index (χ1n) is 4.96. The van der Waals surface area contributed by atoms with Crippen LogP contribution >= 0.6 is 27.5 Å². The van der Waals surface area contributed by atoms with Gasteiger partial charge >= 0.3 is 0 Å². The Bertz CT molecular complexity index is 743. The van der Waals surface area contributed by atoms with Gasteiger partial charge in [0, 0.05) is 0 Å². The van der Waals surface area contributed by atoms with Crippen molar-refractivity contribution in [1.82, 2.24) is 19.5 Å². The fourth-order valence-corrected chi connectivity index (χ4v) is 2.05. The zero-order valence-electron chi connectivity index (χ0n) is 8.81. The number of fused-ring (bicyclic) bond motifs is 1. The Morgan fingerprint density at radius 3 is 2.83 bits per heavy atom. The molecule has 2 heterocycles. The van der Waals surface area contributed by atoms with Gasteiger partial charge in [0.25, 0.3) is 0 Å². The first-order chi connectivity index (χ1) is 8.66. The third kappa shape index (κ3) is 1.77. The molecule has 3 aromatic rings. The molecular formula is C11H5BrClFN4. The van der Waals surface area contributed by atoms with E-state index in [1.165, 1.54) is 18.7 Å². The third-order valence-electron chi connectivity index (χ3n) is 2.47. The highest BCUT2D eigenvalue weighted by Gasteiger charge is 2.10. The quantitative estimate of drug-likeness (QED) is 0.644. The van der Waals surface area contributed by atoms with E-state index in [1.807, 2.05) is 0 Å². The minimum atomic E-state index is -0.352.